The molecule has 196 valence electrons. The van der Waals surface area contributed by atoms with E-state index in [4.69, 9.17) is 0 Å². The maximum Gasteiger partial charge on any atom is 0.0203 e. The van der Waals surface area contributed by atoms with E-state index < -0.39 is 0 Å². The van der Waals surface area contributed by atoms with Crippen molar-refractivity contribution in [2.45, 2.75) is 149 Å². The van der Waals surface area contributed by atoms with Crippen molar-refractivity contribution in [1.29, 1.82) is 0 Å². The number of aryl methyl sites for hydroxylation is 2. The monoisotopic (exact) mass is 476 g/mol. The first-order valence-electron chi connectivity index (χ1n) is 15.4. The third-order valence-electron chi connectivity index (χ3n) is 8.37. The summed E-state index contributed by atoms with van der Waals surface area (Å²) in [5, 5.41) is 0. The lowest BCUT2D eigenvalue weighted by atomic mass is 9.67. The van der Waals surface area contributed by atoms with Gasteiger partial charge in [0.2, 0.25) is 0 Å². The van der Waals surface area contributed by atoms with E-state index in [0.717, 1.165) is 0 Å². The summed E-state index contributed by atoms with van der Waals surface area (Å²) in [5.41, 5.74) is 6.52. The van der Waals surface area contributed by atoms with Crippen molar-refractivity contribution in [3.05, 3.63) is 70.8 Å². The highest BCUT2D eigenvalue weighted by Gasteiger charge is 2.33. The third-order valence-corrected chi connectivity index (χ3v) is 8.37. The van der Waals surface area contributed by atoms with Gasteiger partial charge in [-0.25, -0.2) is 0 Å². The van der Waals surface area contributed by atoms with Crippen LogP contribution in [0.1, 0.15) is 153 Å². The molecule has 0 aliphatic rings. The Balaban J connectivity index is 2.12. The van der Waals surface area contributed by atoms with Gasteiger partial charge in [-0.3, -0.25) is 0 Å². The molecule has 0 atom stereocenters. The highest BCUT2D eigenvalue weighted by Crippen LogP contribution is 2.42. The highest BCUT2D eigenvalue weighted by molar-refractivity contribution is 5.47. The van der Waals surface area contributed by atoms with Gasteiger partial charge in [0.15, 0.2) is 0 Å². The molecule has 2 aromatic carbocycles. The zero-order valence-electron chi connectivity index (χ0n) is 23.8. The third kappa shape index (κ3) is 9.44. The maximum atomic E-state index is 2.45. The molecule has 0 aromatic heterocycles. The van der Waals surface area contributed by atoms with Crippen LogP contribution >= 0.6 is 0 Å². The number of unbranched alkanes of at least 4 members (excludes halogenated alkanes) is 12. The van der Waals surface area contributed by atoms with Crippen molar-refractivity contribution in [2.24, 2.45) is 0 Å². The molecule has 0 radical (unpaired) electrons. The number of rotatable bonds is 20. The summed E-state index contributed by atoms with van der Waals surface area (Å²) in [6.07, 6.45) is 24.1. The highest BCUT2D eigenvalue weighted by atomic mass is 14.4. The Morgan fingerprint density at radius 1 is 0.429 bits per heavy atom. The Kier molecular flexibility index (Phi) is 15.1. The summed E-state index contributed by atoms with van der Waals surface area (Å²) in [4.78, 5) is 0. The van der Waals surface area contributed by atoms with Gasteiger partial charge in [-0.05, 0) is 60.8 Å². The van der Waals surface area contributed by atoms with Crippen molar-refractivity contribution in [1.82, 2.24) is 0 Å². The molecule has 0 saturated carbocycles. The Hall–Kier alpha value is -1.56. The molecule has 0 bridgehead atoms. The van der Waals surface area contributed by atoms with E-state index in [2.05, 4.69) is 76.2 Å². The second-order valence-electron chi connectivity index (χ2n) is 10.8. The molecule has 0 heteroatoms. The van der Waals surface area contributed by atoms with Gasteiger partial charge in [0.05, 0.1) is 0 Å². The fourth-order valence-corrected chi connectivity index (χ4v) is 6.11. The van der Waals surface area contributed by atoms with E-state index in [-0.39, 0.29) is 5.41 Å². The fraction of sp³-hybridized carbons (Fsp3) is 0.657. The van der Waals surface area contributed by atoms with Crippen molar-refractivity contribution in [2.75, 3.05) is 0 Å². The molecule has 0 N–H and O–H groups in total. The molecule has 0 heterocycles. The Labute approximate surface area is 219 Å². The van der Waals surface area contributed by atoms with E-state index >= 15 is 0 Å². The van der Waals surface area contributed by atoms with Gasteiger partial charge in [-0.2, -0.15) is 0 Å². The summed E-state index contributed by atoms with van der Waals surface area (Å²) in [6.45, 7) is 9.44. The lowest BCUT2D eigenvalue weighted by Gasteiger charge is -2.37. The Morgan fingerprint density at radius 2 is 0.771 bits per heavy atom. The van der Waals surface area contributed by atoms with Gasteiger partial charge >= 0.3 is 0 Å². The molecule has 0 saturated heterocycles. The van der Waals surface area contributed by atoms with E-state index in [0.29, 0.717) is 0 Å². The van der Waals surface area contributed by atoms with E-state index in [9.17, 15) is 0 Å². The largest absolute Gasteiger partial charge is 0.0654 e. The minimum Gasteiger partial charge on any atom is -0.0654 e. The van der Waals surface area contributed by atoms with Crippen LogP contribution in [0.15, 0.2) is 48.5 Å². The SMILES string of the molecule is CCCCCCCCCc1ccccc1C(CC)(CC)c1ccccc1CCCCCCCCC. The number of hydrogen-bond acceptors (Lipinski definition) is 0. The molecule has 2 rings (SSSR count). The first-order valence-corrected chi connectivity index (χ1v) is 15.4. The molecule has 0 nitrogen and oxygen atoms in total. The number of benzene rings is 2. The zero-order valence-corrected chi connectivity index (χ0v) is 23.8. The molecular weight excluding hydrogens is 420 g/mol. The average Bonchev–Trinajstić information content (AvgIpc) is 2.90. The molecule has 2 aromatic rings. The van der Waals surface area contributed by atoms with E-state index in [1.54, 1.807) is 22.3 Å². The summed E-state index contributed by atoms with van der Waals surface area (Å²) in [5.74, 6) is 0. The fourth-order valence-electron chi connectivity index (χ4n) is 6.11. The molecule has 0 amide bonds. The molecule has 0 spiro atoms. The van der Waals surface area contributed by atoms with Crippen molar-refractivity contribution < 1.29 is 0 Å². The predicted octanol–water partition coefficient (Wildman–Crippen LogP) is 11.4. The molecule has 0 unspecified atom stereocenters. The van der Waals surface area contributed by atoms with Crippen molar-refractivity contribution >= 4 is 0 Å². The lowest BCUT2D eigenvalue weighted by Crippen LogP contribution is -2.29. The average molecular weight is 477 g/mol. The maximum absolute atomic E-state index is 2.45. The van der Waals surface area contributed by atoms with Gasteiger partial charge in [-0.15, -0.1) is 0 Å². The smallest absolute Gasteiger partial charge is 0.0203 e. The van der Waals surface area contributed by atoms with Gasteiger partial charge in [0, 0.05) is 5.41 Å². The summed E-state index contributed by atoms with van der Waals surface area (Å²) in [6, 6.07) is 18.8. The zero-order chi connectivity index (χ0) is 25.2. The topological polar surface area (TPSA) is 0 Å². The van der Waals surface area contributed by atoms with Crippen molar-refractivity contribution in [3.63, 3.8) is 0 Å². The molecule has 0 fully saturated rings. The minimum atomic E-state index is 0.134. The van der Waals surface area contributed by atoms with Crippen molar-refractivity contribution in [3.8, 4) is 0 Å². The lowest BCUT2D eigenvalue weighted by molar-refractivity contribution is 0.467. The van der Waals surface area contributed by atoms with Gasteiger partial charge in [0.1, 0.15) is 0 Å². The van der Waals surface area contributed by atoms with Gasteiger partial charge in [0.25, 0.3) is 0 Å². The van der Waals surface area contributed by atoms with Crippen LogP contribution in [0, 0.1) is 0 Å². The van der Waals surface area contributed by atoms with Crippen LogP contribution in [0.25, 0.3) is 0 Å². The first kappa shape index (κ1) is 29.7. The van der Waals surface area contributed by atoms with Crippen LogP contribution in [-0.4, -0.2) is 0 Å². The normalized spacial score (nSPS) is 11.8. The molecule has 35 heavy (non-hydrogen) atoms. The quantitative estimate of drug-likeness (QED) is 0.167. The van der Waals surface area contributed by atoms with E-state index in [1.807, 2.05) is 0 Å². The summed E-state index contributed by atoms with van der Waals surface area (Å²) < 4.78 is 0. The van der Waals surface area contributed by atoms with Crippen LogP contribution in [0.3, 0.4) is 0 Å². The van der Waals surface area contributed by atoms with Gasteiger partial charge in [-0.1, -0.05) is 153 Å². The Bertz CT molecular complexity index is 719. The molecule has 0 aliphatic carbocycles. The van der Waals surface area contributed by atoms with Crippen LogP contribution in [0.2, 0.25) is 0 Å². The van der Waals surface area contributed by atoms with Crippen LogP contribution in [0.5, 0.6) is 0 Å². The standard InChI is InChI=1S/C35H56/c1-5-9-11-13-15-17-19-25-31-27-21-23-29-33(31)35(7-3,8-4)34-30-24-22-28-32(34)26-20-18-16-14-12-10-6-2/h21-24,27-30H,5-20,25-26H2,1-4H3. The van der Waals surface area contributed by atoms with Crippen LogP contribution in [0.4, 0.5) is 0 Å². The van der Waals surface area contributed by atoms with E-state index in [1.165, 1.54) is 116 Å². The minimum absolute atomic E-state index is 0.134. The Morgan fingerprint density at radius 3 is 1.14 bits per heavy atom. The predicted molar refractivity (Wildman–Crippen MR) is 158 cm³/mol. The summed E-state index contributed by atoms with van der Waals surface area (Å²) in [7, 11) is 0. The first-order chi connectivity index (χ1) is 17.2. The van der Waals surface area contributed by atoms with Gasteiger partial charge < -0.3 is 0 Å². The summed E-state index contributed by atoms with van der Waals surface area (Å²) >= 11 is 0. The molecule has 0 aliphatic heterocycles. The number of hydrogen-bond donors (Lipinski definition) is 0. The second-order valence-corrected chi connectivity index (χ2v) is 10.8. The van der Waals surface area contributed by atoms with Crippen LogP contribution < -0.4 is 0 Å². The molecular formula is C35H56. The van der Waals surface area contributed by atoms with Crippen LogP contribution in [-0.2, 0) is 18.3 Å². The second kappa shape index (κ2) is 17.8.